The average Bonchev–Trinajstić information content (AvgIpc) is 3.28. The Morgan fingerprint density at radius 3 is 2.59 bits per heavy atom. The number of anilines is 3. The minimum absolute atomic E-state index is 0.134. The zero-order valence-corrected chi connectivity index (χ0v) is 19.3. The highest BCUT2D eigenvalue weighted by molar-refractivity contribution is 5.79. The number of nitrogens with one attached hydrogen (secondary N) is 2. The van der Waals surface area contributed by atoms with Crippen LogP contribution >= 0.6 is 0 Å². The van der Waals surface area contributed by atoms with Crippen molar-refractivity contribution in [2.75, 3.05) is 29.9 Å². The molecule has 2 N–H and O–H groups in total. The number of hydrogen-bond donors (Lipinski definition) is 2. The predicted molar refractivity (Wildman–Crippen MR) is 134 cm³/mol. The molecule has 2 aromatic heterocycles. The van der Waals surface area contributed by atoms with Crippen molar-refractivity contribution in [1.29, 1.82) is 0 Å². The van der Waals surface area contributed by atoms with Gasteiger partial charge in [0.1, 0.15) is 17.7 Å². The van der Waals surface area contributed by atoms with Crippen LogP contribution in [0.25, 0.3) is 16.7 Å². The van der Waals surface area contributed by atoms with Crippen molar-refractivity contribution in [3.63, 3.8) is 0 Å². The van der Waals surface area contributed by atoms with Crippen LogP contribution in [0.4, 0.5) is 17.3 Å². The molecule has 174 valence electrons. The Labute approximate surface area is 198 Å². The predicted octanol–water partition coefficient (Wildman–Crippen LogP) is 3.93. The molecular weight excluding hydrogens is 428 g/mol. The van der Waals surface area contributed by atoms with Gasteiger partial charge in [-0.25, -0.2) is 4.98 Å². The molecule has 0 aliphatic carbocycles. The van der Waals surface area contributed by atoms with E-state index in [1.54, 1.807) is 0 Å². The number of carbonyl (C=O) groups is 1. The summed E-state index contributed by atoms with van der Waals surface area (Å²) in [6.07, 6.45) is 4.96. The summed E-state index contributed by atoms with van der Waals surface area (Å²) in [7, 11) is 0. The standard InChI is InChI=1S/C26H28N6O2/c1-18(2)34-24-9-3-20(4-10-24)29-26-28-15-19-11-13-32(25(19)30-26)22-7-5-21(6-8-22)31-14-12-27-16-23(31)17-33/h3-11,13,15,17-18,23,27H,12,14,16H2,1-2H3,(H,28,29,30). The molecule has 0 amide bonds. The molecule has 1 aliphatic heterocycles. The molecular formula is C26H28N6O2. The molecule has 0 bridgehead atoms. The van der Waals surface area contributed by atoms with Crippen molar-refractivity contribution in [2.24, 2.45) is 0 Å². The first-order chi connectivity index (χ1) is 16.6. The van der Waals surface area contributed by atoms with Crippen molar-refractivity contribution in [3.8, 4) is 11.4 Å². The van der Waals surface area contributed by atoms with Crippen molar-refractivity contribution in [3.05, 3.63) is 67.0 Å². The maximum atomic E-state index is 11.5. The number of hydrogen-bond acceptors (Lipinski definition) is 7. The number of nitrogens with zero attached hydrogens (tertiary/aromatic N) is 4. The summed E-state index contributed by atoms with van der Waals surface area (Å²) >= 11 is 0. The lowest BCUT2D eigenvalue weighted by molar-refractivity contribution is -0.109. The van der Waals surface area contributed by atoms with E-state index in [1.165, 1.54) is 0 Å². The van der Waals surface area contributed by atoms with Gasteiger partial charge in [-0.1, -0.05) is 0 Å². The molecule has 5 rings (SSSR count). The highest BCUT2D eigenvalue weighted by atomic mass is 16.5. The number of carbonyl (C=O) groups excluding carboxylic acids is 1. The first-order valence-corrected chi connectivity index (χ1v) is 11.5. The minimum Gasteiger partial charge on any atom is -0.491 e. The Bertz CT molecular complexity index is 1270. The third-order valence-corrected chi connectivity index (χ3v) is 5.81. The van der Waals surface area contributed by atoms with Crippen LogP contribution in [-0.4, -0.2) is 52.6 Å². The van der Waals surface area contributed by atoms with E-state index in [4.69, 9.17) is 9.72 Å². The van der Waals surface area contributed by atoms with Gasteiger partial charge in [-0.15, -0.1) is 0 Å². The number of benzene rings is 2. The van der Waals surface area contributed by atoms with Gasteiger partial charge in [0.2, 0.25) is 5.95 Å². The molecule has 1 fully saturated rings. The van der Waals surface area contributed by atoms with E-state index >= 15 is 0 Å². The van der Waals surface area contributed by atoms with Gasteiger partial charge in [0.25, 0.3) is 0 Å². The van der Waals surface area contributed by atoms with Gasteiger partial charge in [0, 0.05) is 54.5 Å². The molecule has 3 heterocycles. The molecule has 8 nitrogen and oxygen atoms in total. The van der Waals surface area contributed by atoms with E-state index in [-0.39, 0.29) is 12.1 Å². The summed E-state index contributed by atoms with van der Waals surface area (Å²) in [4.78, 5) is 22.8. The van der Waals surface area contributed by atoms with E-state index < -0.39 is 0 Å². The van der Waals surface area contributed by atoms with Gasteiger partial charge in [-0.3, -0.25) is 0 Å². The van der Waals surface area contributed by atoms with Crippen LogP contribution in [0.3, 0.4) is 0 Å². The lowest BCUT2D eigenvalue weighted by atomic mass is 10.1. The third-order valence-electron chi connectivity index (χ3n) is 5.81. The first-order valence-electron chi connectivity index (χ1n) is 11.5. The van der Waals surface area contributed by atoms with Crippen LogP contribution in [-0.2, 0) is 4.79 Å². The van der Waals surface area contributed by atoms with Crippen LogP contribution in [0.5, 0.6) is 5.75 Å². The Morgan fingerprint density at radius 2 is 1.85 bits per heavy atom. The monoisotopic (exact) mass is 456 g/mol. The number of ether oxygens (including phenoxy) is 1. The zero-order chi connectivity index (χ0) is 23.5. The van der Waals surface area contributed by atoms with Crippen LogP contribution in [0, 0.1) is 0 Å². The van der Waals surface area contributed by atoms with Crippen molar-refractivity contribution < 1.29 is 9.53 Å². The summed E-state index contributed by atoms with van der Waals surface area (Å²) in [5, 5.41) is 7.50. The Kier molecular flexibility index (Phi) is 6.14. The number of rotatable bonds is 7. The summed E-state index contributed by atoms with van der Waals surface area (Å²) in [5.74, 6) is 1.35. The smallest absolute Gasteiger partial charge is 0.229 e. The Morgan fingerprint density at radius 1 is 1.09 bits per heavy atom. The molecule has 0 saturated carbocycles. The van der Waals surface area contributed by atoms with Crippen molar-refractivity contribution in [2.45, 2.75) is 26.0 Å². The lowest BCUT2D eigenvalue weighted by Crippen LogP contribution is -2.52. The van der Waals surface area contributed by atoms with Gasteiger partial charge >= 0.3 is 0 Å². The summed E-state index contributed by atoms with van der Waals surface area (Å²) in [6, 6.07) is 17.9. The van der Waals surface area contributed by atoms with Gasteiger partial charge in [-0.2, -0.15) is 4.98 Å². The van der Waals surface area contributed by atoms with Gasteiger partial charge in [0.15, 0.2) is 0 Å². The van der Waals surface area contributed by atoms with E-state index in [2.05, 4.69) is 44.8 Å². The largest absolute Gasteiger partial charge is 0.491 e. The topological polar surface area (TPSA) is 84.3 Å². The fourth-order valence-corrected chi connectivity index (χ4v) is 4.18. The van der Waals surface area contributed by atoms with Gasteiger partial charge in [0.05, 0.1) is 12.1 Å². The van der Waals surface area contributed by atoms with E-state index in [0.29, 0.717) is 12.5 Å². The number of aldehydes is 1. The van der Waals surface area contributed by atoms with E-state index in [0.717, 1.165) is 53.2 Å². The number of fused-ring (bicyclic) bond motifs is 1. The second-order valence-corrected chi connectivity index (χ2v) is 8.59. The summed E-state index contributed by atoms with van der Waals surface area (Å²) in [6.45, 7) is 6.36. The summed E-state index contributed by atoms with van der Waals surface area (Å²) < 4.78 is 7.75. The second-order valence-electron chi connectivity index (χ2n) is 8.59. The highest BCUT2D eigenvalue weighted by Gasteiger charge is 2.21. The van der Waals surface area contributed by atoms with Crippen molar-refractivity contribution >= 4 is 34.6 Å². The fraction of sp³-hybridized carbons (Fsp3) is 0.269. The molecule has 8 heteroatoms. The van der Waals surface area contributed by atoms with Gasteiger partial charge < -0.3 is 29.6 Å². The average molecular weight is 457 g/mol. The fourth-order valence-electron chi connectivity index (χ4n) is 4.18. The number of aromatic nitrogens is 3. The van der Waals surface area contributed by atoms with Crippen LogP contribution in [0.15, 0.2) is 67.0 Å². The number of piperazine rings is 1. The molecule has 1 aliphatic rings. The molecule has 0 radical (unpaired) electrons. The van der Waals surface area contributed by atoms with E-state index in [1.807, 2.05) is 61.1 Å². The van der Waals surface area contributed by atoms with Crippen LogP contribution in [0.1, 0.15) is 13.8 Å². The normalized spacial score (nSPS) is 16.1. The molecule has 1 atom stereocenters. The van der Waals surface area contributed by atoms with Crippen LogP contribution in [0.2, 0.25) is 0 Å². The highest BCUT2D eigenvalue weighted by Crippen LogP contribution is 2.25. The van der Waals surface area contributed by atoms with Crippen molar-refractivity contribution in [1.82, 2.24) is 19.9 Å². The molecule has 1 saturated heterocycles. The zero-order valence-electron chi connectivity index (χ0n) is 19.3. The minimum atomic E-state index is -0.139. The second kappa shape index (κ2) is 9.52. The molecule has 4 aromatic rings. The Balaban J connectivity index is 1.37. The SMILES string of the molecule is CC(C)Oc1ccc(Nc2ncc3ccn(-c4ccc(N5CCNCC5C=O)cc4)c3n2)cc1. The van der Waals surface area contributed by atoms with Gasteiger partial charge in [-0.05, 0) is 68.4 Å². The molecule has 34 heavy (non-hydrogen) atoms. The quantitative estimate of drug-likeness (QED) is 0.408. The molecule has 0 spiro atoms. The third kappa shape index (κ3) is 4.58. The molecule has 1 unspecified atom stereocenters. The maximum Gasteiger partial charge on any atom is 0.229 e. The lowest BCUT2D eigenvalue weighted by Gasteiger charge is -2.34. The van der Waals surface area contributed by atoms with E-state index in [9.17, 15) is 4.79 Å². The Hall–Kier alpha value is -3.91. The maximum absolute atomic E-state index is 11.5. The molecule has 2 aromatic carbocycles. The van der Waals surface area contributed by atoms with Crippen LogP contribution < -0.4 is 20.3 Å². The summed E-state index contributed by atoms with van der Waals surface area (Å²) in [5.41, 5.74) is 3.74. The first kappa shape index (κ1) is 21.9.